The molecule has 0 unspecified atom stereocenters. The number of amides is 3. The number of likely N-dealkylation sites (tertiary alicyclic amines) is 1. The number of ether oxygens (including phenoxy) is 1. The molecule has 1 aromatic rings. The fourth-order valence-corrected chi connectivity index (χ4v) is 3.95. The summed E-state index contributed by atoms with van der Waals surface area (Å²) in [6.45, 7) is 0.775. The Bertz CT molecular complexity index is 835. The van der Waals surface area contributed by atoms with Gasteiger partial charge in [0.1, 0.15) is 22.5 Å². The topological polar surface area (TPSA) is 122 Å². The standard InChI is InChI=1S/C20H29N3O6S/c1-21-18(24)16-8-11-23(12-9-16)19(25)17(10-13-30(2,27)28)22-20(26)29-14-15-6-4-3-5-7-15/h3-7,16-17H,8-14H2,1-2H3,(H,21,24)(H,22,26)/t17-/m1/s1. The van der Waals surface area contributed by atoms with E-state index in [1.54, 1.807) is 24.1 Å². The molecule has 9 nitrogen and oxygen atoms in total. The maximum Gasteiger partial charge on any atom is 0.408 e. The summed E-state index contributed by atoms with van der Waals surface area (Å²) < 4.78 is 28.3. The van der Waals surface area contributed by atoms with Crippen LogP contribution in [-0.4, -0.2) is 69.4 Å². The van der Waals surface area contributed by atoms with Crippen molar-refractivity contribution in [3.8, 4) is 0 Å². The highest BCUT2D eigenvalue weighted by Crippen LogP contribution is 2.18. The molecule has 0 aromatic heterocycles. The largest absolute Gasteiger partial charge is 0.445 e. The molecule has 0 spiro atoms. The molecular formula is C20H29N3O6S. The minimum absolute atomic E-state index is 0.0389. The van der Waals surface area contributed by atoms with E-state index >= 15 is 0 Å². The second-order valence-electron chi connectivity index (χ2n) is 7.39. The quantitative estimate of drug-likeness (QED) is 0.615. The fourth-order valence-electron chi connectivity index (χ4n) is 3.28. The first-order chi connectivity index (χ1) is 14.2. The Balaban J connectivity index is 1.96. The molecule has 1 saturated heterocycles. The van der Waals surface area contributed by atoms with Gasteiger partial charge in [-0.1, -0.05) is 30.3 Å². The highest BCUT2D eigenvalue weighted by atomic mass is 32.2. The number of carbonyl (C=O) groups excluding carboxylic acids is 3. The van der Waals surface area contributed by atoms with Crippen LogP contribution in [0.5, 0.6) is 0 Å². The number of alkyl carbamates (subject to hydrolysis) is 1. The predicted molar refractivity (Wildman–Crippen MR) is 111 cm³/mol. The van der Waals surface area contributed by atoms with Gasteiger partial charge in [0.2, 0.25) is 11.8 Å². The molecule has 166 valence electrons. The second kappa shape index (κ2) is 11.0. The van der Waals surface area contributed by atoms with Crippen molar-refractivity contribution in [1.29, 1.82) is 0 Å². The Kier molecular flexibility index (Phi) is 8.64. The first kappa shape index (κ1) is 23.7. The van der Waals surface area contributed by atoms with Crippen LogP contribution >= 0.6 is 0 Å². The average Bonchev–Trinajstić information content (AvgIpc) is 2.74. The monoisotopic (exact) mass is 439 g/mol. The molecular weight excluding hydrogens is 410 g/mol. The van der Waals surface area contributed by atoms with Crippen LogP contribution in [-0.2, 0) is 30.8 Å². The Morgan fingerprint density at radius 1 is 1.17 bits per heavy atom. The van der Waals surface area contributed by atoms with E-state index in [2.05, 4.69) is 10.6 Å². The van der Waals surface area contributed by atoms with Gasteiger partial charge < -0.3 is 20.3 Å². The van der Waals surface area contributed by atoms with E-state index in [1.165, 1.54) is 0 Å². The Morgan fingerprint density at radius 3 is 2.37 bits per heavy atom. The Labute approximate surface area is 177 Å². The van der Waals surface area contributed by atoms with Gasteiger partial charge in [-0.2, -0.15) is 0 Å². The average molecular weight is 440 g/mol. The third kappa shape index (κ3) is 7.66. The number of hydrogen-bond acceptors (Lipinski definition) is 6. The van der Waals surface area contributed by atoms with Gasteiger partial charge in [0.25, 0.3) is 0 Å². The van der Waals surface area contributed by atoms with Gasteiger partial charge in [-0.05, 0) is 24.8 Å². The van der Waals surface area contributed by atoms with E-state index < -0.39 is 22.0 Å². The second-order valence-corrected chi connectivity index (χ2v) is 9.65. The van der Waals surface area contributed by atoms with Gasteiger partial charge in [-0.15, -0.1) is 0 Å². The number of piperidine rings is 1. The van der Waals surface area contributed by atoms with Crippen molar-refractivity contribution in [2.24, 2.45) is 5.92 Å². The molecule has 0 saturated carbocycles. The lowest BCUT2D eigenvalue weighted by Crippen LogP contribution is -2.52. The lowest BCUT2D eigenvalue weighted by atomic mass is 9.95. The van der Waals surface area contributed by atoms with Crippen LogP contribution < -0.4 is 10.6 Å². The lowest BCUT2D eigenvalue weighted by molar-refractivity contribution is -0.137. The summed E-state index contributed by atoms with van der Waals surface area (Å²) in [5.74, 6) is -0.821. The third-order valence-corrected chi connectivity index (χ3v) is 5.98. The molecule has 1 heterocycles. The lowest BCUT2D eigenvalue weighted by Gasteiger charge is -2.33. The number of sulfone groups is 1. The molecule has 0 bridgehead atoms. The summed E-state index contributed by atoms with van der Waals surface area (Å²) >= 11 is 0. The summed E-state index contributed by atoms with van der Waals surface area (Å²) in [6.07, 6.45) is 1.28. The van der Waals surface area contributed by atoms with Crippen molar-refractivity contribution in [1.82, 2.24) is 15.5 Å². The van der Waals surface area contributed by atoms with E-state index in [9.17, 15) is 22.8 Å². The van der Waals surface area contributed by atoms with E-state index in [1.807, 2.05) is 18.2 Å². The SMILES string of the molecule is CNC(=O)C1CCN(C(=O)[C@@H](CCS(C)(=O)=O)NC(=O)OCc2ccccc2)CC1. The molecule has 30 heavy (non-hydrogen) atoms. The molecule has 3 amide bonds. The van der Waals surface area contributed by atoms with Crippen LogP contribution in [0.3, 0.4) is 0 Å². The predicted octanol–water partition coefficient (Wildman–Crippen LogP) is 0.701. The Hall–Kier alpha value is -2.62. The minimum Gasteiger partial charge on any atom is -0.445 e. The van der Waals surface area contributed by atoms with Crippen LogP contribution in [0.2, 0.25) is 0 Å². The molecule has 10 heteroatoms. The minimum atomic E-state index is -3.31. The zero-order valence-electron chi connectivity index (χ0n) is 17.3. The van der Waals surface area contributed by atoms with Crippen LogP contribution in [0.25, 0.3) is 0 Å². The Morgan fingerprint density at radius 2 is 1.80 bits per heavy atom. The molecule has 2 rings (SSSR count). The van der Waals surface area contributed by atoms with Crippen molar-refractivity contribution in [3.05, 3.63) is 35.9 Å². The fraction of sp³-hybridized carbons (Fsp3) is 0.550. The molecule has 1 aromatic carbocycles. The highest BCUT2D eigenvalue weighted by molar-refractivity contribution is 7.90. The van der Waals surface area contributed by atoms with Gasteiger partial charge >= 0.3 is 6.09 Å². The summed E-state index contributed by atoms with van der Waals surface area (Å²) in [5.41, 5.74) is 0.794. The molecule has 1 aliphatic heterocycles. The summed E-state index contributed by atoms with van der Waals surface area (Å²) in [4.78, 5) is 38.5. The molecule has 0 radical (unpaired) electrons. The molecule has 0 aliphatic carbocycles. The van der Waals surface area contributed by atoms with Crippen LogP contribution in [0.1, 0.15) is 24.8 Å². The van der Waals surface area contributed by atoms with Crippen LogP contribution in [0.15, 0.2) is 30.3 Å². The molecule has 1 atom stereocenters. The van der Waals surface area contributed by atoms with Gasteiger partial charge in [-0.25, -0.2) is 13.2 Å². The van der Waals surface area contributed by atoms with E-state index in [4.69, 9.17) is 4.74 Å². The number of hydrogen-bond donors (Lipinski definition) is 2. The highest BCUT2D eigenvalue weighted by Gasteiger charge is 2.32. The zero-order chi connectivity index (χ0) is 22.1. The van der Waals surface area contributed by atoms with Gasteiger partial charge in [0.15, 0.2) is 0 Å². The maximum absolute atomic E-state index is 12.9. The van der Waals surface area contributed by atoms with E-state index in [-0.39, 0.29) is 36.5 Å². The molecule has 1 aliphatic rings. The number of rotatable bonds is 8. The smallest absolute Gasteiger partial charge is 0.408 e. The maximum atomic E-state index is 12.9. The summed E-state index contributed by atoms with van der Waals surface area (Å²) in [6, 6.07) is 8.07. The normalized spacial score (nSPS) is 15.9. The summed E-state index contributed by atoms with van der Waals surface area (Å²) in [5, 5.41) is 5.12. The summed E-state index contributed by atoms with van der Waals surface area (Å²) in [7, 11) is -1.74. The van der Waals surface area contributed by atoms with Gasteiger partial charge in [0.05, 0.1) is 5.75 Å². The molecule has 1 fully saturated rings. The zero-order valence-corrected chi connectivity index (χ0v) is 18.1. The number of nitrogens with one attached hydrogen (secondary N) is 2. The van der Waals surface area contributed by atoms with Crippen LogP contribution in [0, 0.1) is 5.92 Å². The van der Waals surface area contributed by atoms with Crippen LogP contribution in [0.4, 0.5) is 4.79 Å². The van der Waals surface area contributed by atoms with E-state index in [0.717, 1.165) is 11.8 Å². The number of carbonyl (C=O) groups is 3. The van der Waals surface area contributed by atoms with E-state index in [0.29, 0.717) is 25.9 Å². The van der Waals surface area contributed by atoms with Crippen molar-refractivity contribution in [3.63, 3.8) is 0 Å². The third-order valence-electron chi connectivity index (χ3n) is 5.00. The van der Waals surface area contributed by atoms with Gasteiger partial charge in [-0.3, -0.25) is 9.59 Å². The number of benzene rings is 1. The van der Waals surface area contributed by atoms with Gasteiger partial charge in [0, 0.05) is 32.3 Å². The number of nitrogens with zero attached hydrogens (tertiary/aromatic N) is 1. The van der Waals surface area contributed by atoms with Crippen molar-refractivity contribution >= 4 is 27.7 Å². The van der Waals surface area contributed by atoms with Crippen molar-refractivity contribution < 1.29 is 27.5 Å². The van der Waals surface area contributed by atoms with Crippen molar-refractivity contribution in [2.75, 3.05) is 32.1 Å². The first-order valence-corrected chi connectivity index (χ1v) is 11.9. The van der Waals surface area contributed by atoms with Crippen molar-refractivity contribution in [2.45, 2.75) is 31.9 Å². The first-order valence-electron chi connectivity index (χ1n) is 9.85. The molecule has 2 N–H and O–H groups in total.